The summed E-state index contributed by atoms with van der Waals surface area (Å²) in [5.41, 5.74) is 2.59. The van der Waals surface area contributed by atoms with Crippen LogP contribution < -0.4 is 16.7 Å². The Bertz CT molecular complexity index is 804. The van der Waals surface area contributed by atoms with Gasteiger partial charge in [0.1, 0.15) is 0 Å². The van der Waals surface area contributed by atoms with Gasteiger partial charge in [-0.3, -0.25) is 25.3 Å². The molecule has 108 valence electrons. The van der Waals surface area contributed by atoms with Crippen molar-refractivity contribution >= 4 is 17.6 Å². The number of aromatic nitrogens is 2. The third-order valence-electron chi connectivity index (χ3n) is 2.64. The molecule has 0 aliphatic rings. The molecular weight excluding hydrogens is 278 g/mol. The van der Waals surface area contributed by atoms with E-state index >= 15 is 0 Å². The molecule has 0 radical (unpaired) electrons. The quantitative estimate of drug-likeness (QED) is 0.433. The molecule has 0 saturated carbocycles. The lowest BCUT2D eigenvalue weighted by Gasteiger charge is -2.00. The first-order chi connectivity index (χ1) is 9.97. The van der Waals surface area contributed by atoms with Gasteiger partial charge in [0.15, 0.2) is 0 Å². The van der Waals surface area contributed by atoms with Gasteiger partial charge in [-0.05, 0) is 19.1 Å². The number of H-pyrrole nitrogens is 2. The summed E-state index contributed by atoms with van der Waals surface area (Å²) in [6.07, 6.45) is 1.26. The number of hydrogen-bond acceptors (Lipinski definition) is 6. The Morgan fingerprint density at radius 3 is 2.48 bits per heavy atom. The van der Waals surface area contributed by atoms with E-state index in [2.05, 4.69) is 20.5 Å². The van der Waals surface area contributed by atoms with Gasteiger partial charge in [-0.15, -0.1) is 0 Å². The maximum atomic E-state index is 11.6. The Morgan fingerprint density at radius 2 is 1.90 bits per heavy atom. The largest absolute Gasteiger partial charge is 0.325 e. The van der Waals surface area contributed by atoms with E-state index in [9.17, 15) is 19.7 Å². The van der Waals surface area contributed by atoms with Crippen LogP contribution in [0.5, 0.6) is 0 Å². The van der Waals surface area contributed by atoms with Gasteiger partial charge in [-0.2, -0.15) is 5.10 Å². The van der Waals surface area contributed by atoms with Crippen molar-refractivity contribution in [1.29, 1.82) is 0 Å². The van der Waals surface area contributed by atoms with Crippen LogP contribution in [0.3, 0.4) is 0 Å². The minimum Gasteiger partial charge on any atom is -0.311 e. The summed E-state index contributed by atoms with van der Waals surface area (Å²) < 4.78 is 0. The van der Waals surface area contributed by atoms with Gasteiger partial charge in [0.25, 0.3) is 11.2 Å². The number of hydrazone groups is 1. The number of nitrogens with one attached hydrogen (secondary N) is 3. The third kappa shape index (κ3) is 3.41. The molecule has 2 aromatic rings. The second-order valence-corrected chi connectivity index (χ2v) is 4.12. The van der Waals surface area contributed by atoms with Crippen molar-refractivity contribution in [3.63, 3.8) is 0 Å². The van der Waals surface area contributed by atoms with Crippen LogP contribution in [-0.2, 0) is 0 Å². The Morgan fingerprint density at radius 1 is 1.24 bits per heavy atom. The molecule has 0 atom stereocenters. The van der Waals surface area contributed by atoms with Crippen molar-refractivity contribution in [2.24, 2.45) is 5.10 Å². The van der Waals surface area contributed by atoms with Gasteiger partial charge in [0.05, 0.1) is 22.4 Å². The van der Waals surface area contributed by atoms with Gasteiger partial charge >= 0.3 is 5.69 Å². The van der Waals surface area contributed by atoms with Crippen LogP contribution >= 0.6 is 0 Å². The molecule has 1 aromatic carbocycles. The number of aromatic amines is 2. The van der Waals surface area contributed by atoms with Gasteiger partial charge in [0, 0.05) is 17.8 Å². The molecule has 21 heavy (non-hydrogen) atoms. The minimum atomic E-state index is -0.585. The molecule has 0 aliphatic heterocycles. The maximum absolute atomic E-state index is 11.6. The van der Waals surface area contributed by atoms with E-state index < -0.39 is 16.2 Å². The Kier molecular flexibility index (Phi) is 3.93. The van der Waals surface area contributed by atoms with E-state index in [-0.39, 0.29) is 11.3 Å². The van der Waals surface area contributed by atoms with E-state index in [1.54, 1.807) is 6.92 Å². The second-order valence-electron chi connectivity index (χ2n) is 4.12. The molecule has 0 amide bonds. The van der Waals surface area contributed by atoms with Gasteiger partial charge in [-0.1, -0.05) is 0 Å². The van der Waals surface area contributed by atoms with Crippen molar-refractivity contribution in [3.05, 3.63) is 66.5 Å². The standard InChI is InChI=1S/C12H11N5O4/c1-7-10(11(18)15-12(19)14-7)6-13-16-8-2-4-9(5-3-8)17(20)21/h2-6,16H,1H3,(H2,14,15,18,19)/b13-6-. The molecule has 2 rings (SSSR count). The molecule has 9 heteroatoms. The van der Waals surface area contributed by atoms with Crippen LogP contribution in [0.1, 0.15) is 11.3 Å². The SMILES string of the molecule is Cc1[nH]c(=O)[nH]c(=O)c1/C=N\Nc1ccc([N+](=O)[O-])cc1. The highest BCUT2D eigenvalue weighted by atomic mass is 16.6. The highest BCUT2D eigenvalue weighted by Crippen LogP contribution is 2.15. The molecule has 0 spiro atoms. The summed E-state index contributed by atoms with van der Waals surface area (Å²) in [7, 11) is 0. The predicted octanol–water partition coefficient (Wildman–Crippen LogP) is 0.726. The number of nitrogens with zero attached hydrogens (tertiary/aromatic N) is 2. The first-order valence-corrected chi connectivity index (χ1v) is 5.84. The zero-order valence-corrected chi connectivity index (χ0v) is 10.9. The lowest BCUT2D eigenvalue weighted by Crippen LogP contribution is -2.26. The number of benzene rings is 1. The van der Waals surface area contributed by atoms with Crippen molar-refractivity contribution in [1.82, 2.24) is 9.97 Å². The van der Waals surface area contributed by atoms with Crippen molar-refractivity contribution in [2.45, 2.75) is 6.92 Å². The summed E-state index contributed by atoms with van der Waals surface area (Å²) in [5.74, 6) is 0. The van der Waals surface area contributed by atoms with Crippen molar-refractivity contribution in [2.75, 3.05) is 5.43 Å². The van der Waals surface area contributed by atoms with Crippen LogP contribution in [0.15, 0.2) is 39.0 Å². The zero-order chi connectivity index (χ0) is 15.4. The zero-order valence-electron chi connectivity index (χ0n) is 10.9. The van der Waals surface area contributed by atoms with Crippen LogP contribution in [0, 0.1) is 17.0 Å². The molecule has 1 heterocycles. The summed E-state index contributed by atoms with van der Waals surface area (Å²) >= 11 is 0. The molecule has 0 bridgehead atoms. The third-order valence-corrected chi connectivity index (χ3v) is 2.64. The highest BCUT2D eigenvalue weighted by Gasteiger charge is 2.04. The molecule has 0 aliphatic carbocycles. The first kappa shape index (κ1) is 14.2. The summed E-state index contributed by atoms with van der Waals surface area (Å²) in [4.78, 5) is 37.1. The first-order valence-electron chi connectivity index (χ1n) is 5.84. The average Bonchev–Trinajstić information content (AvgIpc) is 2.42. The number of anilines is 1. The van der Waals surface area contributed by atoms with Gasteiger partial charge in [-0.25, -0.2) is 4.79 Å². The summed E-state index contributed by atoms with van der Waals surface area (Å²) in [6.45, 7) is 1.57. The van der Waals surface area contributed by atoms with E-state index in [4.69, 9.17) is 0 Å². The van der Waals surface area contributed by atoms with E-state index in [1.807, 2.05) is 0 Å². The van der Waals surface area contributed by atoms with Crippen LogP contribution in [0.2, 0.25) is 0 Å². The number of nitro groups is 1. The summed E-state index contributed by atoms with van der Waals surface area (Å²) in [6, 6.07) is 5.63. The Balaban J connectivity index is 2.14. The Labute approximate surface area is 117 Å². The Hall–Kier alpha value is -3.23. The van der Waals surface area contributed by atoms with Gasteiger partial charge < -0.3 is 4.98 Å². The molecule has 1 aromatic heterocycles. The van der Waals surface area contributed by atoms with Gasteiger partial charge in [0.2, 0.25) is 0 Å². The van der Waals surface area contributed by atoms with E-state index in [0.717, 1.165) is 0 Å². The van der Waals surface area contributed by atoms with Crippen LogP contribution in [-0.4, -0.2) is 21.1 Å². The fraction of sp³-hybridized carbons (Fsp3) is 0.0833. The number of non-ortho nitro benzene ring substituents is 1. The normalized spacial score (nSPS) is 10.7. The number of hydrogen-bond donors (Lipinski definition) is 3. The second kappa shape index (κ2) is 5.82. The van der Waals surface area contributed by atoms with E-state index in [1.165, 1.54) is 30.5 Å². The molecule has 3 N–H and O–H groups in total. The highest BCUT2D eigenvalue weighted by molar-refractivity contribution is 5.80. The molecule has 0 unspecified atom stereocenters. The topological polar surface area (TPSA) is 133 Å². The minimum absolute atomic E-state index is 0.0301. The number of rotatable bonds is 4. The molecular formula is C12H11N5O4. The molecule has 0 fully saturated rings. The summed E-state index contributed by atoms with van der Waals surface area (Å²) in [5, 5.41) is 14.4. The number of nitro benzene ring substituents is 1. The lowest BCUT2D eigenvalue weighted by molar-refractivity contribution is -0.384. The molecule has 9 nitrogen and oxygen atoms in total. The lowest BCUT2D eigenvalue weighted by atomic mass is 10.2. The van der Waals surface area contributed by atoms with E-state index in [0.29, 0.717) is 11.4 Å². The number of aryl methyl sites for hydroxylation is 1. The fourth-order valence-electron chi connectivity index (χ4n) is 1.59. The fourth-order valence-corrected chi connectivity index (χ4v) is 1.59. The predicted molar refractivity (Wildman–Crippen MR) is 76.7 cm³/mol. The maximum Gasteiger partial charge on any atom is 0.325 e. The monoisotopic (exact) mass is 289 g/mol. The van der Waals surface area contributed by atoms with Crippen LogP contribution in [0.25, 0.3) is 0 Å². The van der Waals surface area contributed by atoms with Crippen LogP contribution in [0.4, 0.5) is 11.4 Å². The smallest absolute Gasteiger partial charge is 0.311 e. The molecule has 0 saturated heterocycles. The average molecular weight is 289 g/mol. The van der Waals surface area contributed by atoms with Crippen molar-refractivity contribution < 1.29 is 4.92 Å². The van der Waals surface area contributed by atoms with Crippen molar-refractivity contribution in [3.8, 4) is 0 Å².